The summed E-state index contributed by atoms with van der Waals surface area (Å²) in [5.74, 6) is 0.00569. The highest BCUT2D eigenvalue weighted by atomic mass is 16.5. The van der Waals surface area contributed by atoms with Crippen LogP contribution in [0.25, 0.3) is 5.76 Å². The number of hydrogen-bond donors (Lipinski definition) is 1. The van der Waals surface area contributed by atoms with Gasteiger partial charge >= 0.3 is 0 Å². The maximum Gasteiger partial charge on any atom is 0.295 e. The zero-order chi connectivity index (χ0) is 27.7. The first kappa shape index (κ1) is 29.2. The Bertz CT molecular complexity index is 1120. The van der Waals surface area contributed by atoms with Crippen molar-refractivity contribution in [2.45, 2.75) is 59.9 Å². The van der Waals surface area contributed by atoms with Gasteiger partial charge in [0.15, 0.2) is 0 Å². The first-order chi connectivity index (χ1) is 18.4. The van der Waals surface area contributed by atoms with Crippen molar-refractivity contribution < 1.29 is 24.2 Å². The summed E-state index contributed by atoms with van der Waals surface area (Å²) in [6.45, 7) is 13.9. The SMILES string of the molecule is CCCCCOc1ccc(C2/C(=C(\O)c3ccc(OCC)cc3C)C(=O)C(=O)N2CCN(CC)CC)cc1. The fourth-order valence-electron chi connectivity index (χ4n) is 4.84. The Morgan fingerprint density at radius 2 is 1.63 bits per heavy atom. The van der Waals surface area contributed by atoms with E-state index in [4.69, 9.17) is 9.47 Å². The molecule has 0 aliphatic carbocycles. The second-order valence-electron chi connectivity index (χ2n) is 9.55. The van der Waals surface area contributed by atoms with E-state index in [0.29, 0.717) is 37.6 Å². The Balaban J connectivity index is 2.01. The summed E-state index contributed by atoms with van der Waals surface area (Å²) in [4.78, 5) is 30.5. The summed E-state index contributed by atoms with van der Waals surface area (Å²) in [5.41, 5.74) is 2.14. The molecule has 1 atom stereocenters. The van der Waals surface area contributed by atoms with Crippen molar-refractivity contribution in [3.05, 3.63) is 64.7 Å². The first-order valence-corrected chi connectivity index (χ1v) is 13.8. The monoisotopic (exact) mass is 522 g/mol. The van der Waals surface area contributed by atoms with Crippen molar-refractivity contribution in [2.24, 2.45) is 0 Å². The Labute approximate surface area is 227 Å². The van der Waals surface area contributed by atoms with Gasteiger partial charge in [-0.25, -0.2) is 0 Å². The third kappa shape index (κ3) is 6.76. The smallest absolute Gasteiger partial charge is 0.295 e. The number of carbonyl (C=O) groups is 2. The Morgan fingerprint density at radius 3 is 2.24 bits per heavy atom. The van der Waals surface area contributed by atoms with Crippen LogP contribution in [0.1, 0.15) is 69.7 Å². The number of hydrogen-bond acceptors (Lipinski definition) is 6. The molecule has 1 unspecified atom stereocenters. The zero-order valence-electron chi connectivity index (χ0n) is 23.5. The zero-order valence-corrected chi connectivity index (χ0v) is 23.5. The second kappa shape index (κ2) is 14.0. The molecule has 1 heterocycles. The van der Waals surface area contributed by atoms with Gasteiger partial charge in [-0.2, -0.15) is 0 Å². The summed E-state index contributed by atoms with van der Waals surface area (Å²) >= 11 is 0. The van der Waals surface area contributed by atoms with Crippen molar-refractivity contribution in [1.82, 2.24) is 9.80 Å². The fourth-order valence-corrected chi connectivity index (χ4v) is 4.84. The van der Waals surface area contributed by atoms with Crippen molar-refractivity contribution in [1.29, 1.82) is 0 Å². The van der Waals surface area contributed by atoms with Gasteiger partial charge < -0.3 is 24.4 Å². The standard InChI is InChI=1S/C31H42N2O5/c1-6-10-11-20-38-24-14-12-23(13-15-24)28-27(29(34)26-17-16-25(37-9-4)21-22(26)5)30(35)31(36)33(28)19-18-32(7-2)8-3/h12-17,21,28,34H,6-11,18-20H2,1-5H3/b29-27+. The number of aliphatic hydroxyl groups is 1. The summed E-state index contributed by atoms with van der Waals surface area (Å²) in [6, 6.07) is 12.1. The van der Waals surface area contributed by atoms with E-state index in [1.807, 2.05) is 44.2 Å². The highest BCUT2D eigenvalue weighted by Gasteiger charge is 2.46. The lowest BCUT2D eigenvalue weighted by Crippen LogP contribution is -2.38. The predicted molar refractivity (Wildman–Crippen MR) is 151 cm³/mol. The van der Waals surface area contributed by atoms with Crippen LogP contribution in [-0.4, -0.2) is 66.0 Å². The van der Waals surface area contributed by atoms with Crippen molar-refractivity contribution >= 4 is 17.4 Å². The van der Waals surface area contributed by atoms with Crippen LogP contribution in [0, 0.1) is 6.92 Å². The van der Waals surface area contributed by atoms with E-state index >= 15 is 0 Å². The summed E-state index contributed by atoms with van der Waals surface area (Å²) in [5, 5.41) is 11.5. The molecule has 1 saturated heterocycles. The molecule has 38 heavy (non-hydrogen) atoms. The van der Waals surface area contributed by atoms with Crippen LogP contribution < -0.4 is 9.47 Å². The van der Waals surface area contributed by atoms with Crippen LogP contribution in [0.2, 0.25) is 0 Å². The number of likely N-dealkylation sites (N-methyl/N-ethyl adjacent to an activating group) is 1. The number of aryl methyl sites for hydroxylation is 1. The molecule has 2 aromatic rings. The van der Waals surface area contributed by atoms with Gasteiger partial charge in [0.25, 0.3) is 11.7 Å². The number of ketones is 1. The maximum absolute atomic E-state index is 13.4. The predicted octanol–water partition coefficient (Wildman–Crippen LogP) is 5.73. The minimum absolute atomic E-state index is 0.110. The van der Waals surface area contributed by atoms with Crippen LogP contribution in [0.15, 0.2) is 48.0 Å². The van der Waals surface area contributed by atoms with Gasteiger partial charge in [-0.1, -0.05) is 45.7 Å². The molecule has 2 aromatic carbocycles. The van der Waals surface area contributed by atoms with Crippen LogP contribution in [0.3, 0.4) is 0 Å². The number of benzene rings is 2. The number of Topliss-reactive ketones (excluding diaryl/α,β-unsaturated/α-hetero) is 1. The summed E-state index contributed by atoms with van der Waals surface area (Å²) < 4.78 is 11.4. The van der Waals surface area contributed by atoms with Gasteiger partial charge in [0.05, 0.1) is 24.8 Å². The molecule has 3 rings (SSSR count). The highest BCUT2D eigenvalue weighted by Crippen LogP contribution is 2.40. The van der Waals surface area contributed by atoms with E-state index in [0.717, 1.165) is 49.2 Å². The molecule has 1 aliphatic heterocycles. The van der Waals surface area contributed by atoms with Gasteiger partial charge in [0, 0.05) is 18.7 Å². The molecule has 7 nitrogen and oxygen atoms in total. The van der Waals surface area contributed by atoms with Crippen LogP contribution in [0.4, 0.5) is 0 Å². The molecule has 0 aromatic heterocycles. The third-order valence-electron chi connectivity index (χ3n) is 7.07. The fraction of sp³-hybridized carbons (Fsp3) is 0.484. The molecule has 1 N–H and O–H groups in total. The topological polar surface area (TPSA) is 79.3 Å². The number of amides is 1. The Hall–Kier alpha value is -3.32. The van der Waals surface area contributed by atoms with Gasteiger partial charge in [-0.15, -0.1) is 0 Å². The minimum Gasteiger partial charge on any atom is -0.507 e. The minimum atomic E-state index is -0.689. The molecule has 1 fully saturated rings. The first-order valence-electron chi connectivity index (χ1n) is 13.8. The number of ether oxygens (including phenoxy) is 2. The molecule has 1 amide bonds. The van der Waals surface area contributed by atoms with E-state index < -0.39 is 17.7 Å². The summed E-state index contributed by atoms with van der Waals surface area (Å²) in [7, 11) is 0. The van der Waals surface area contributed by atoms with Gasteiger partial charge in [0.1, 0.15) is 17.3 Å². The average Bonchev–Trinajstić information content (AvgIpc) is 3.17. The van der Waals surface area contributed by atoms with Crippen molar-refractivity contribution in [3.8, 4) is 11.5 Å². The van der Waals surface area contributed by atoms with E-state index in [2.05, 4.69) is 25.7 Å². The summed E-state index contributed by atoms with van der Waals surface area (Å²) in [6.07, 6.45) is 3.23. The molecule has 206 valence electrons. The molecular weight excluding hydrogens is 480 g/mol. The number of unbranched alkanes of at least 4 members (excludes halogenated alkanes) is 2. The molecule has 0 spiro atoms. The van der Waals surface area contributed by atoms with Crippen molar-refractivity contribution in [3.63, 3.8) is 0 Å². The number of likely N-dealkylation sites (tertiary alicyclic amines) is 1. The molecule has 0 radical (unpaired) electrons. The van der Waals surface area contributed by atoms with E-state index in [1.165, 1.54) is 0 Å². The van der Waals surface area contributed by atoms with Crippen LogP contribution >= 0.6 is 0 Å². The van der Waals surface area contributed by atoms with Crippen molar-refractivity contribution in [2.75, 3.05) is 39.4 Å². The van der Waals surface area contributed by atoms with Crippen LogP contribution in [0.5, 0.6) is 11.5 Å². The average molecular weight is 523 g/mol. The lowest BCUT2D eigenvalue weighted by molar-refractivity contribution is -0.140. The number of aliphatic hydroxyl groups excluding tert-OH is 1. The molecule has 0 bridgehead atoms. The normalized spacial score (nSPS) is 16.9. The highest BCUT2D eigenvalue weighted by molar-refractivity contribution is 6.46. The van der Waals surface area contributed by atoms with Gasteiger partial charge in [-0.3, -0.25) is 9.59 Å². The lowest BCUT2D eigenvalue weighted by atomic mass is 9.94. The Kier molecular flexibility index (Phi) is 10.8. The molecule has 0 saturated carbocycles. The number of rotatable bonds is 14. The number of carbonyl (C=O) groups excluding carboxylic acids is 2. The van der Waals surface area contributed by atoms with Gasteiger partial charge in [-0.05, 0) is 74.8 Å². The molecule has 1 aliphatic rings. The molecule has 7 heteroatoms. The van der Waals surface area contributed by atoms with E-state index in [9.17, 15) is 14.7 Å². The quantitative estimate of drug-likeness (QED) is 0.148. The van der Waals surface area contributed by atoms with E-state index in [1.54, 1.807) is 17.0 Å². The van der Waals surface area contributed by atoms with Crippen LogP contribution in [-0.2, 0) is 9.59 Å². The van der Waals surface area contributed by atoms with E-state index in [-0.39, 0.29) is 11.3 Å². The maximum atomic E-state index is 13.4. The second-order valence-corrected chi connectivity index (χ2v) is 9.55. The molecular formula is C31H42N2O5. The number of nitrogens with zero attached hydrogens (tertiary/aromatic N) is 2. The largest absolute Gasteiger partial charge is 0.507 e. The third-order valence-corrected chi connectivity index (χ3v) is 7.07. The lowest BCUT2D eigenvalue weighted by Gasteiger charge is -2.28. The van der Waals surface area contributed by atoms with Gasteiger partial charge in [0.2, 0.25) is 0 Å². The Morgan fingerprint density at radius 1 is 0.947 bits per heavy atom.